The van der Waals surface area contributed by atoms with Gasteiger partial charge in [-0.2, -0.15) is 0 Å². The summed E-state index contributed by atoms with van der Waals surface area (Å²) in [6.45, 7) is 8.97. The quantitative estimate of drug-likeness (QED) is 0.768. The monoisotopic (exact) mass is 248 g/mol. The standard InChI is InChI=1S/C10H21BrN2/c1-9(2)5-13-4-3-10(6-11,7-12)8-13/h9H,3-8,12H2,1-2H3. The molecule has 2 nitrogen and oxygen atoms in total. The second-order valence-electron chi connectivity index (χ2n) is 4.72. The first-order valence-corrected chi connectivity index (χ1v) is 6.22. The predicted molar refractivity (Wildman–Crippen MR) is 61.2 cm³/mol. The zero-order valence-electron chi connectivity index (χ0n) is 8.72. The molecule has 0 aromatic heterocycles. The van der Waals surface area contributed by atoms with Crippen LogP contribution in [0.25, 0.3) is 0 Å². The summed E-state index contributed by atoms with van der Waals surface area (Å²) in [6.07, 6.45) is 1.25. The van der Waals surface area contributed by atoms with Gasteiger partial charge >= 0.3 is 0 Å². The number of halogens is 1. The zero-order valence-corrected chi connectivity index (χ0v) is 10.3. The molecular weight excluding hydrogens is 228 g/mol. The summed E-state index contributed by atoms with van der Waals surface area (Å²) in [4.78, 5) is 2.54. The summed E-state index contributed by atoms with van der Waals surface area (Å²) < 4.78 is 0. The van der Waals surface area contributed by atoms with Gasteiger partial charge in [-0.15, -0.1) is 0 Å². The summed E-state index contributed by atoms with van der Waals surface area (Å²) in [5.74, 6) is 0.768. The number of rotatable bonds is 4. The Bertz CT molecular complexity index is 155. The molecule has 0 radical (unpaired) electrons. The molecular formula is C10H21BrN2. The Kier molecular flexibility index (Phi) is 4.20. The Morgan fingerprint density at radius 2 is 2.23 bits per heavy atom. The number of nitrogens with two attached hydrogens (primary N) is 1. The highest BCUT2D eigenvalue weighted by atomic mass is 79.9. The molecule has 1 fully saturated rings. The van der Waals surface area contributed by atoms with Crippen molar-refractivity contribution < 1.29 is 0 Å². The van der Waals surface area contributed by atoms with E-state index in [0.717, 1.165) is 17.8 Å². The Hall–Kier alpha value is 0.400. The van der Waals surface area contributed by atoms with Crippen molar-refractivity contribution in [3.05, 3.63) is 0 Å². The lowest BCUT2D eigenvalue weighted by Gasteiger charge is -2.25. The number of likely N-dealkylation sites (tertiary alicyclic amines) is 1. The van der Waals surface area contributed by atoms with Crippen LogP contribution in [0.1, 0.15) is 20.3 Å². The first-order valence-electron chi connectivity index (χ1n) is 5.10. The van der Waals surface area contributed by atoms with E-state index in [1.807, 2.05) is 0 Å². The summed E-state index contributed by atoms with van der Waals surface area (Å²) in [7, 11) is 0. The lowest BCUT2D eigenvalue weighted by atomic mass is 9.90. The van der Waals surface area contributed by atoms with Gasteiger partial charge in [0, 0.05) is 30.4 Å². The topological polar surface area (TPSA) is 29.3 Å². The highest BCUT2D eigenvalue weighted by Gasteiger charge is 2.35. The van der Waals surface area contributed by atoms with Gasteiger partial charge in [-0.05, 0) is 18.9 Å². The van der Waals surface area contributed by atoms with Gasteiger partial charge in [-0.1, -0.05) is 29.8 Å². The van der Waals surface area contributed by atoms with E-state index < -0.39 is 0 Å². The van der Waals surface area contributed by atoms with Crippen LogP contribution in [0.15, 0.2) is 0 Å². The molecule has 2 N–H and O–H groups in total. The highest BCUT2D eigenvalue weighted by Crippen LogP contribution is 2.31. The molecule has 1 aliphatic heterocycles. The van der Waals surface area contributed by atoms with Crippen molar-refractivity contribution in [1.82, 2.24) is 4.90 Å². The first-order chi connectivity index (χ1) is 6.12. The second-order valence-corrected chi connectivity index (χ2v) is 5.28. The highest BCUT2D eigenvalue weighted by molar-refractivity contribution is 9.09. The maximum absolute atomic E-state index is 5.82. The first kappa shape index (κ1) is 11.5. The molecule has 1 atom stereocenters. The molecule has 1 aliphatic rings. The third kappa shape index (κ3) is 2.93. The van der Waals surface area contributed by atoms with Gasteiger partial charge in [-0.3, -0.25) is 0 Å². The summed E-state index contributed by atoms with van der Waals surface area (Å²) in [6, 6.07) is 0. The van der Waals surface area contributed by atoms with E-state index in [1.165, 1.54) is 26.1 Å². The van der Waals surface area contributed by atoms with Gasteiger partial charge in [0.1, 0.15) is 0 Å². The van der Waals surface area contributed by atoms with E-state index in [9.17, 15) is 0 Å². The minimum absolute atomic E-state index is 0.356. The fraction of sp³-hybridized carbons (Fsp3) is 1.00. The van der Waals surface area contributed by atoms with Crippen molar-refractivity contribution in [2.75, 3.05) is 31.5 Å². The number of hydrogen-bond donors (Lipinski definition) is 1. The van der Waals surface area contributed by atoms with Crippen LogP contribution in [0, 0.1) is 11.3 Å². The van der Waals surface area contributed by atoms with Crippen LogP contribution in [-0.2, 0) is 0 Å². The van der Waals surface area contributed by atoms with E-state index in [1.54, 1.807) is 0 Å². The Morgan fingerprint density at radius 3 is 2.62 bits per heavy atom. The maximum Gasteiger partial charge on any atom is 0.0113 e. The van der Waals surface area contributed by atoms with Crippen LogP contribution in [-0.4, -0.2) is 36.4 Å². The fourth-order valence-corrected chi connectivity index (χ4v) is 2.72. The molecule has 0 bridgehead atoms. The molecule has 0 aromatic carbocycles. The van der Waals surface area contributed by atoms with Crippen LogP contribution in [0.2, 0.25) is 0 Å². The van der Waals surface area contributed by atoms with Gasteiger partial charge in [-0.25, -0.2) is 0 Å². The van der Waals surface area contributed by atoms with E-state index in [-0.39, 0.29) is 0 Å². The molecule has 0 spiro atoms. The molecule has 1 rings (SSSR count). The minimum Gasteiger partial charge on any atom is -0.330 e. The van der Waals surface area contributed by atoms with Crippen molar-refractivity contribution in [3.8, 4) is 0 Å². The molecule has 1 saturated heterocycles. The third-order valence-corrected chi connectivity index (χ3v) is 4.05. The molecule has 0 amide bonds. The maximum atomic E-state index is 5.82. The predicted octanol–water partition coefficient (Wildman–Crippen LogP) is 1.69. The van der Waals surface area contributed by atoms with Crippen LogP contribution in [0.4, 0.5) is 0 Å². The van der Waals surface area contributed by atoms with E-state index >= 15 is 0 Å². The van der Waals surface area contributed by atoms with Crippen LogP contribution in [0.5, 0.6) is 0 Å². The van der Waals surface area contributed by atoms with Crippen LogP contribution >= 0.6 is 15.9 Å². The van der Waals surface area contributed by atoms with Gasteiger partial charge in [0.25, 0.3) is 0 Å². The molecule has 1 unspecified atom stereocenters. The molecule has 0 aliphatic carbocycles. The Balaban J connectivity index is 2.42. The van der Waals surface area contributed by atoms with Gasteiger partial charge < -0.3 is 10.6 Å². The van der Waals surface area contributed by atoms with Gasteiger partial charge in [0.05, 0.1) is 0 Å². The van der Waals surface area contributed by atoms with Crippen molar-refractivity contribution in [3.63, 3.8) is 0 Å². The Labute approximate surface area is 90.0 Å². The molecule has 0 aromatic rings. The van der Waals surface area contributed by atoms with Crippen molar-refractivity contribution in [1.29, 1.82) is 0 Å². The number of alkyl halides is 1. The van der Waals surface area contributed by atoms with Crippen LogP contribution < -0.4 is 5.73 Å². The molecule has 13 heavy (non-hydrogen) atoms. The fourth-order valence-electron chi connectivity index (χ4n) is 2.03. The van der Waals surface area contributed by atoms with Crippen molar-refractivity contribution in [2.45, 2.75) is 20.3 Å². The van der Waals surface area contributed by atoms with E-state index in [0.29, 0.717) is 5.41 Å². The van der Waals surface area contributed by atoms with Crippen LogP contribution in [0.3, 0.4) is 0 Å². The van der Waals surface area contributed by atoms with Gasteiger partial charge in [0.15, 0.2) is 0 Å². The number of hydrogen-bond acceptors (Lipinski definition) is 2. The largest absolute Gasteiger partial charge is 0.330 e. The minimum atomic E-state index is 0.356. The second kappa shape index (κ2) is 4.76. The smallest absolute Gasteiger partial charge is 0.0113 e. The Morgan fingerprint density at radius 1 is 1.54 bits per heavy atom. The van der Waals surface area contributed by atoms with E-state index in [4.69, 9.17) is 5.73 Å². The normalized spacial score (nSPS) is 30.2. The molecule has 0 saturated carbocycles. The SMILES string of the molecule is CC(C)CN1CCC(CN)(CBr)C1. The zero-order chi connectivity index (χ0) is 9.90. The molecule has 1 heterocycles. The van der Waals surface area contributed by atoms with E-state index in [2.05, 4.69) is 34.7 Å². The van der Waals surface area contributed by atoms with Crippen molar-refractivity contribution >= 4 is 15.9 Å². The molecule has 3 heteroatoms. The van der Waals surface area contributed by atoms with Gasteiger partial charge in [0.2, 0.25) is 0 Å². The average molecular weight is 249 g/mol. The third-order valence-electron chi connectivity index (χ3n) is 2.86. The number of nitrogens with zero attached hydrogens (tertiary/aromatic N) is 1. The average Bonchev–Trinajstić information content (AvgIpc) is 2.48. The summed E-state index contributed by atoms with van der Waals surface area (Å²) >= 11 is 3.58. The summed E-state index contributed by atoms with van der Waals surface area (Å²) in [5.41, 5.74) is 6.17. The molecule has 78 valence electrons. The summed E-state index contributed by atoms with van der Waals surface area (Å²) in [5, 5.41) is 1.05. The van der Waals surface area contributed by atoms with Crippen molar-refractivity contribution in [2.24, 2.45) is 17.1 Å². The lowest BCUT2D eigenvalue weighted by molar-refractivity contribution is 0.260. The lowest BCUT2D eigenvalue weighted by Crippen LogP contribution is -2.36.